The maximum Gasteiger partial charge on any atom is 0.251 e. The number of halogens is 1. The molecule has 0 aliphatic carbocycles. The third-order valence-corrected chi connectivity index (χ3v) is 3.79. The number of aromatic nitrogens is 1. The molecule has 0 aliphatic rings. The molecular weight excluding hydrogens is 316 g/mol. The van der Waals surface area contributed by atoms with Gasteiger partial charge < -0.3 is 5.32 Å². The molecule has 104 valence electrons. The Hall–Kier alpha value is -1.68. The van der Waals surface area contributed by atoms with Crippen LogP contribution in [-0.2, 0) is 5.41 Å². The normalized spacial score (nSPS) is 11.2. The molecule has 0 unspecified atom stereocenters. The fourth-order valence-corrected chi connectivity index (χ4v) is 2.17. The first kappa shape index (κ1) is 14.7. The molecular formula is C16H17BrN2O. The molecule has 0 radical (unpaired) electrons. The van der Waals surface area contributed by atoms with E-state index in [1.165, 1.54) is 5.56 Å². The number of hydrogen-bond acceptors (Lipinski definition) is 2. The van der Waals surface area contributed by atoms with Crippen LogP contribution >= 0.6 is 15.9 Å². The van der Waals surface area contributed by atoms with Crippen molar-refractivity contribution in [3.63, 3.8) is 0 Å². The fourth-order valence-electron chi connectivity index (χ4n) is 1.91. The van der Waals surface area contributed by atoms with Crippen LogP contribution in [-0.4, -0.2) is 17.4 Å². The molecule has 1 amide bonds. The summed E-state index contributed by atoms with van der Waals surface area (Å²) >= 11 is 3.43. The van der Waals surface area contributed by atoms with Crippen molar-refractivity contribution in [3.8, 4) is 0 Å². The van der Waals surface area contributed by atoms with Crippen molar-refractivity contribution in [2.24, 2.45) is 0 Å². The largest absolute Gasteiger partial charge is 0.351 e. The summed E-state index contributed by atoms with van der Waals surface area (Å²) in [6, 6.07) is 11.6. The first-order valence-electron chi connectivity index (χ1n) is 6.43. The summed E-state index contributed by atoms with van der Waals surface area (Å²) in [6.45, 7) is 4.81. The third kappa shape index (κ3) is 3.67. The standard InChI is InChI=1S/C16H17BrN2O/c1-16(2,13-3-5-14(17)6-4-13)11-19-15(20)12-7-9-18-10-8-12/h3-10H,11H2,1-2H3,(H,19,20). The minimum atomic E-state index is -0.122. The number of rotatable bonds is 4. The Morgan fingerprint density at radius 3 is 2.35 bits per heavy atom. The lowest BCUT2D eigenvalue weighted by Gasteiger charge is -2.25. The number of hydrogen-bond donors (Lipinski definition) is 1. The molecule has 0 aliphatic heterocycles. The number of carbonyl (C=O) groups excluding carboxylic acids is 1. The smallest absolute Gasteiger partial charge is 0.251 e. The van der Waals surface area contributed by atoms with E-state index in [0.717, 1.165) is 4.47 Å². The van der Waals surface area contributed by atoms with Gasteiger partial charge in [-0.25, -0.2) is 0 Å². The summed E-state index contributed by atoms with van der Waals surface area (Å²) in [7, 11) is 0. The summed E-state index contributed by atoms with van der Waals surface area (Å²) in [4.78, 5) is 15.9. The van der Waals surface area contributed by atoms with Crippen molar-refractivity contribution in [1.29, 1.82) is 0 Å². The van der Waals surface area contributed by atoms with E-state index < -0.39 is 0 Å². The maximum atomic E-state index is 12.0. The number of nitrogens with zero attached hydrogens (tertiary/aromatic N) is 1. The summed E-state index contributed by atoms with van der Waals surface area (Å²) in [6.07, 6.45) is 3.24. The summed E-state index contributed by atoms with van der Waals surface area (Å²) in [5, 5.41) is 2.97. The van der Waals surface area contributed by atoms with Crippen LogP contribution in [0.2, 0.25) is 0 Å². The second-order valence-corrected chi connectivity index (χ2v) is 6.23. The number of carbonyl (C=O) groups is 1. The minimum absolute atomic E-state index is 0.0717. The molecule has 2 rings (SSSR count). The molecule has 0 atom stereocenters. The van der Waals surface area contributed by atoms with Crippen molar-refractivity contribution < 1.29 is 4.79 Å². The summed E-state index contributed by atoms with van der Waals surface area (Å²) in [5.41, 5.74) is 1.70. The highest BCUT2D eigenvalue weighted by Gasteiger charge is 2.21. The van der Waals surface area contributed by atoms with Gasteiger partial charge in [0.2, 0.25) is 0 Å². The molecule has 1 heterocycles. The number of nitrogens with one attached hydrogen (secondary N) is 1. The Morgan fingerprint density at radius 2 is 1.75 bits per heavy atom. The molecule has 0 saturated heterocycles. The van der Waals surface area contributed by atoms with Crippen molar-refractivity contribution in [1.82, 2.24) is 10.3 Å². The molecule has 0 fully saturated rings. The zero-order valence-corrected chi connectivity index (χ0v) is 13.1. The van der Waals surface area contributed by atoms with E-state index in [2.05, 4.69) is 52.2 Å². The van der Waals surface area contributed by atoms with Crippen molar-refractivity contribution in [2.75, 3.05) is 6.54 Å². The third-order valence-electron chi connectivity index (χ3n) is 3.26. The van der Waals surface area contributed by atoms with Crippen LogP contribution in [0, 0.1) is 0 Å². The SMILES string of the molecule is CC(C)(CNC(=O)c1ccncc1)c1ccc(Br)cc1. The van der Waals surface area contributed by atoms with Crippen LogP contribution in [0.4, 0.5) is 0 Å². The maximum absolute atomic E-state index is 12.0. The Labute approximate surface area is 127 Å². The molecule has 2 aromatic rings. The van der Waals surface area contributed by atoms with Crippen molar-refractivity contribution >= 4 is 21.8 Å². The fraction of sp³-hybridized carbons (Fsp3) is 0.250. The number of benzene rings is 1. The van der Waals surface area contributed by atoms with Gasteiger partial charge in [-0.3, -0.25) is 9.78 Å². The van der Waals surface area contributed by atoms with Crippen LogP contribution in [0.25, 0.3) is 0 Å². The van der Waals surface area contributed by atoms with Crippen molar-refractivity contribution in [3.05, 3.63) is 64.4 Å². The Balaban J connectivity index is 2.02. The molecule has 1 aromatic heterocycles. The molecule has 3 nitrogen and oxygen atoms in total. The van der Waals surface area contributed by atoms with Gasteiger partial charge in [-0.1, -0.05) is 41.9 Å². The quantitative estimate of drug-likeness (QED) is 0.930. The molecule has 1 aromatic carbocycles. The predicted molar refractivity (Wildman–Crippen MR) is 83.7 cm³/mol. The lowest BCUT2D eigenvalue weighted by molar-refractivity contribution is 0.0945. The van der Waals surface area contributed by atoms with E-state index in [1.807, 2.05) is 12.1 Å². The zero-order valence-electron chi connectivity index (χ0n) is 11.6. The predicted octanol–water partition coefficient (Wildman–Crippen LogP) is 3.55. The van der Waals surface area contributed by atoms with Gasteiger partial charge in [-0.2, -0.15) is 0 Å². The second-order valence-electron chi connectivity index (χ2n) is 5.31. The molecule has 4 heteroatoms. The van der Waals surface area contributed by atoms with E-state index in [-0.39, 0.29) is 11.3 Å². The van der Waals surface area contributed by atoms with Crippen LogP contribution in [0.5, 0.6) is 0 Å². The molecule has 20 heavy (non-hydrogen) atoms. The van der Waals surface area contributed by atoms with Crippen LogP contribution in [0.1, 0.15) is 29.8 Å². The lowest BCUT2D eigenvalue weighted by Crippen LogP contribution is -2.36. The first-order valence-corrected chi connectivity index (χ1v) is 7.22. The minimum Gasteiger partial charge on any atom is -0.351 e. The van der Waals surface area contributed by atoms with Crippen LogP contribution in [0.15, 0.2) is 53.3 Å². The van der Waals surface area contributed by atoms with Gasteiger partial charge >= 0.3 is 0 Å². The van der Waals surface area contributed by atoms with E-state index in [1.54, 1.807) is 24.5 Å². The Morgan fingerprint density at radius 1 is 1.15 bits per heavy atom. The Kier molecular flexibility index (Phi) is 4.55. The van der Waals surface area contributed by atoms with Gasteiger partial charge in [0, 0.05) is 34.4 Å². The zero-order chi connectivity index (χ0) is 14.6. The summed E-state index contributed by atoms with van der Waals surface area (Å²) < 4.78 is 1.05. The number of amides is 1. The molecule has 0 spiro atoms. The van der Waals surface area contributed by atoms with E-state index >= 15 is 0 Å². The molecule has 0 saturated carbocycles. The monoisotopic (exact) mass is 332 g/mol. The highest BCUT2D eigenvalue weighted by atomic mass is 79.9. The van der Waals surface area contributed by atoms with Crippen LogP contribution < -0.4 is 5.32 Å². The van der Waals surface area contributed by atoms with E-state index in [9.17, 15) is 4.79 Å². The average molecular weight is 333 g/mol. The van der Waals surface area contributed by atoms with Gasteiger partial charge in [0.25, 0.3) is 5.91 Å². The number of pyridine rings is 1. The lowest BCUT2D eigenvalue weighted by atomic mass is 9.84. The van der Waals surface area contributed by atoms with Gasteiger partial charge in [0.1, 0.15) is 0 Å². The molecule has 0 bridgehead atoms. The highest BCUT2D eigenvalue weighted by Crippen LogP contribution is 2.24. The van der Waals surface area contributed by atoms with Gasteiger partial charge in [-0.15, -0.1) is 0 Å². The van der Waals surface area contributed by atoms with E-state index in [4.69, 9.17) is 0 Å². The van der Waals surface area contributed by atoms with Gasteiger partial charge in [0.15, 0.2) is 0 Å². The van der Waals surface area contributed by atoms with Gasteiger partial charge in [0.05, 0.1) is 0 Å². The first-order chi connectivity index (χ1) is 9.49. The van der Waals surface area contributed by atoms with E-state index in [0.29, 0.717) is 12.1 Å². The summed E-state index contributed by atoms with van der Waals surface area (Å²) in [5.74, 6) is -0.0717. The van der Waals surface area contributed by atoms with Gasteiger partial charge in [-0.05, 0) is 29.8 Å². The Bertz CT molecular complexity index is 579. The highest BCUT2D eigenvalue weighted by molar-refractivity contribution is 9.10. The second kappa shape index (κ2) is 6.18. The van der Waals surface area contributed by atoms with Crippen LogP contribution in [0.3, 0.4) is 0 Å². The average Bonchev–Trinajstić information content (AvgIpc) is 2.46. The topological polar surface area (TPSA) is 42.0 Å². The molecule has 1 N–H and O–H groups in total. The van der Waals surface area contributed by atoms with Crippen molar-refractivity contribution in [2.45, 2.75) is 19.3 Å².